The molecule has 0 spiro atoms. The number of nitrogens with one attached hydrogen (secondary N) is 1. The van der Waals surface area contributed by atoms with E-state index in [-0.39, 0.29) is 0 Å². The standard InChI is InChI=1S/C10H12ClN3S/c1-12-6-7-5-8(13-14(7)2)9-3-4-10(11)15-9/h3-5,12H,6H2,1-2H3. The molecule has 0 bridgehead atoms. The topological polar surface area (TPSA) is 29.9 Å². The fraction of sp³-hybridized carbons (Fsp3) is 0.300. The Hall–Kier alpha value is -0.840. The van der Waals surface area contributed by atoms with Crippen LogP contribution in [0, 0.1) is 0 Å². The van der Waals surface area contributed by atoms with Crippen molar-refractivity contribution >= 4 is 22.9 Å². The van der Waals surface area contributed by atoms with E-state index < -0.39 is 0 Å². The Morgan fingerprint density at radius 2 is 2.33 bits per heavy atom. The van der Waals surface area contributed by atoms with Gasteiger partial charge in [-0.2, -0.15) is 5.10 Å². The van der Waals surface area contributed by atoms with Crippen LogP contribution in [0.15, 0.2) is 18.2 Å². The van der Waals surface area contributed by atoms with Gasteiger partial charge in [-0.1, -0.05) is 11.6 Å². The van der Waals surface area contributed by atoms with E-state index in [2.05, 4.69) is 16.5 Å². The lowest BCUT2D eigenvalue weighted by Gasteiger charge is -1.97. The highest BCUT2D eigenvalue weighted by atomic mass is 35.5. The van der Waals surface area contributed by atoms with Gasteiger partial charge in [-0.3, -0.25) is 4.68 Å². The Bertz CT molecular complexity index is 461. The van der Waals surface area contributed by atoms with Gasteiger partial charge in [0.05, 0.1) is 14.9 Å². The quantitative estimate of drug-likeness (QED) is 0.895. The number of aryl methyl sites for hydroxylation is 1. The summed E-state index contributed by atoms with van der Waals surface area (Å²) in [6, 6.07) is 5.98. The zero-order valence-electron chi connectivity index (χ0n) is 8.62. The second-order valence-electron chi connectivity index (χ2n) is 3.28. The van der Waals surface area contributed by atoms with Crippen molar-refractivity contribution < 1.29 is 0 Å². The van der Waals surface area contributed by atoms with E-state index in [0.717, 1.165) is 27.1 Å². The smallest absolute Gasteiger partial charge is 0.103 e. The second kappa shape index (κ2) is 4.35. The van der Waals surface area contributed by atoms with Crippen molar-refractivity contribution in [2.24, 2.45) is 7.05 Å². The van der Waals surface area contributed by atoms with E-state index in [1.165, 1.54) is 0 Å². The third-order valence-electron chi connectivity index (χ3n) is 2.16. The molecule has 5 heteroatoms. The van der Waals surface area contributed by atoms with E-state index in [1.54, 1.807) is 11.3 Å². The van der Waals surface area contributed by atoms with E-state index in [0.29, 0.717) is 0 Å². The Labute approximate surface area is 97.7 Å². The predicted molar refractivity (Wildman–Crippen MR) is 64.3 cm³/mol. The molecule has 0 aliphatic rings. The van der Waals surface area contributed by atoms with Crippen molar-refractivity contribution in [1.82, 2.24) is 15.1 Å². The summed E-state index contributed by atoms with van der Waals surface area (Å²) >= 11 is 7.44. The lowest BCUT2D eigenvalue weighted by atomic mass is 10.3. The summed E-state index contributed by atoms with van der Waals surface area (Å²) in [6.45, 7) is 0.822. The summed E-state index contributed by atoms with van der Waals surface area (Å²) in [5, 5.41) is 7.55. The first kappa shape index (κ1) is 10.7. The Balaban J connectivity index is 2.33. The van der Waals surface area contributed by atoms with Crippen molar-refractivity contribution in [2.75, 3.05) is 7.05 Å². The molecule has 2 rings (SSSR count). The number of hydrogen-bond donors (Lipinski definition) is 1. The van der Waals surface area contributed by atoms with Gasteiger partial charge in [0, 0.05) is 13.6 Å². The van der Waals surface area contributed by atoms with Gasteiger partial charge in [0.2, 0.25) is 0 Å². The summed E-state index contributed by atoms with van der Waals surface area (Å²) in [5.41, 5.74) is 2.15. The summed E-state index contributed by atoms with van der Waals surface area (Å²) in [7, 11) is 3.88. The lowest BCUT2D eigenvalue weighted by molar-refractivity contribution is 0.673. The van der Waals surface area contributed by atoms with Gasteiger partial charge in [-0.05, 0) is 25.2 Å². The van der Waals surface area contributed by atoms with E-state index in [1.807, 2.05) is 30.9 Å². The first-order valence-electron chi connectivity index (χ1n) is 4.64. The van der Waals surface area contributed by atoms with Crippen LogP contribution < -0.4 is 5.32 Å². The SMILES string of the molecule is CNCc1cc(-c2ccc(Cl)s2)nn1C. The molecule has 80 valence electrons. The number of nitrogens with zero attached hydrogens (tertiary/aromatic N) is 2. The molecule has 0 radical (unpaired) electrons. The molecule has 1 N–H and O–H groups in total. The number of aromatic nitrogens is 2. The van der Waals surface area contributed by atoms with Crippen LogP contribution in [0.3, 0.4) is 0 Å². The summed E-state index contributed by atoms with van der Waals surface area (Å²) in [5.74, 6) is 0. The maximum atomic E-state index is 5.89. The third-order valence-corrected chi connectivity index (χ3v) is 3.41. The number of hydrogen-bond acceptors (Lipinski definition) is 3. The van der Waals surface area contributed by atoms with Crippen LogP contribution in [0.5, 0.6) is 0 Å². The second-order valence-corrected chi connectivity index (χ2v) is 4.99. The fourth-order valence-electron chi connectivity index (χ4n) is 1.42. The van der Waals surface area contributed by atoms with Gasteiger partial charge in [-0.25, -0.2) is 0 Å². The lowest BCUT2D eigenvalue weighted by Crippen LogP contribution is -2.09. The van der Waals surface area contributed by atoms with Gasteiger partial charge in [-0.15, -0.1) is 11.3 Å². The molecule has 0 saturated carbocycles. The molecule has 0 amide bonds. The molecule has 0 aromatic carbocycles. The largest absolute Gasteiger partial charge is 0.314 e. The minimum absolute atomic E-state index is 0.797. The van der Waals surface area contributed by atoms with Crippen molar-refractivity contribution in [3.05, 3.63) is 28.2 Å². The summed E-state index contributed by atoms with van der Waals surface area (Å²) in [6.07, 6.45) is 0. The molecule has 0 fully saturated rings. The highest BCUT2D eigenvalue weighted by Crippen LogP contribution is 2.30. The van der Waals surface area contributed by atoms with Crippen molar-refractivity contribution in [3.63, 3.8) is 0 Å². The third kappa shape index (κ3) is 2.22. The molecule has 2 aromatic heterocycles. The van der Waals surface area contributed by atoms with Crippen LogP contribution in [0.2, 0.25) is 4.34 Å². The number of thiophene rings is 1. The maximum Gasteiger partial charge on any atom is 0.103 e. The zero-order chi connectivity index (χ0) is 10.8. The summed E-state index contributed by atoms with van der Waals surface area (Å²) in [4.78, 5) is 1.11. The molecular formula is C10H12ClN3S. The van der Waals surface area contributed by atoms with Crippen LogP contribution in [0.1, 0.15) is 5.69 Å². The average Bonchev–Trinajstić information content (AvgIpc) is 2.75. The van der Waals surface area contributed by atoms with Crippen molar-refractivity contribution in [1.29, 1.82) is 0 Å². The molecule has 0 unspecified atom stereocenters. The fourth-order valence-corrected chi connectivity index (χ4v) is 2.42. The molecule has 15 heavy (non-hydrogen) atoms. The van der Waals surface area contributed by atoms with Crippen molar-refractivity contribution in [2.45, 2.75) is 6.54 Å². The summed E-state index contributed by atoms with van der Waals surface area (Å²) < 4.78 is 2.69. The minimum Gasteiger partial charge on any atom is -0.314 e. The molecule has 0 saturated heterocycles. The van der Waals surface area contributed by atoms with Crippen LogP contribution in [0.25, 0.3) is 10.6 Å². The Morgan fingerprint density at radius 3 is 2.93 bits per heavy atom. The van der Waals surface area contributed by atoms with Crippen molar-refractivity contribution in [3.8, 4) is 10.6 Å². The number of rotatable bonds is 3. The van der Waals surface area contributed by atoms with E-state index in [9.17, 15) is 0 Å². The molecule has 2 aromatic rings. The molecule has 3 nitrogen and oxygen atoms in total. The highest BCUT2D eigenvalue weighted by molar-refractivity contribution is 7.19. The average molecular weight is 242 g/mol. The van der Waals surface area contributed by atoms with Gasteiger partial charge in [0.1, 0.15) is 5.69 Å². The molecule has 2 heterocycles. The molecular weight excluding hydrogens is 230 g/mol. The van der Waals surface area contributed by atoms with Crippen LogP contribution in [-0.2, 0) is 13.6 Å². The van der Waals surface area contributed by atoms with Crippen LogP contribution >= 0.6 is 22.9 Å². The van der Waals surface area contributed by atoms with E-state index in [4.69, 9.17) is 11.6 Å². The minimum atomic E-state index is 0.797. The zero-order valence-corrected chi connectivity index (χ0v) is 10.2. The van der Waals surface area contributed by atoms with Gasteiger partial charge in [0.25, 0.3) is 0 Å². The Morgan fingerprint density at radius 1 is 1.53 bits per heavy atom. The molecule has 0 aliphatic carbocycles. The molecule has 0 aliphatic heterocycles. The highest BCUT2D eigenvalue weighted by Gasteiger charge is 2.08. The monoisotopic (exact) mass is 241 g/mol. The maximum absolute atomic E-state index is 5.89. The first-order valence-corrected chi connectivity index (χ1v) is 5.83. The predicted octanol–water partition coefficient (Wildman–Crippen LogP) is 2.52. The normalized spacial score (nSPS) is 10.9. The first-order chi connectivity index (χ1) is 7.20. The van der Waals surface area contributed by atoms with E-state index >= 15 is 0 Å². The Kier molecular flexibility index (Phi) is 3.09. The van der Waals surface area contributed by atoms with Gasteiger partial charge < -0.3 is 5.32 Å². The van der Waals surface area contributed by atoms with Crippen LogP contribution in [-0.4, -0.2) is 16.8 Å². The number of halogens is 1. The van der Waals surface area contributed by atoms with Crippen LogP contribution in [0.4, 0.5) is 0 Å². The van der Waals surface area contributed by atoms with Gasteiger partial charge in [0.15, 0.2) is 0 Å². The molecule has 0 atom stereocenters. The van der Waals surface area contributed by atoms with Gasteiger partial charge >= 0.3 is 0 Å².